The Bertz CT molecular complexity index is 299. The van der Waals surface area contributed by atoms with E-state index in [1.165, 1.54) is 6.42 Å². The first-order chi connectivity index (χ1) is 5.96. The molecule has 2 nitrogen and oxygen atoms in total. The highest BCUT2D eigenvalue weighted by Crippen LogP contribution is 2.68. The van der Waals surface area contributed by atoms with E-state index in [1.807, 2.05) is 0 Å². The van der Waals surface area contributed by atoms with Gasteiger partial charge in [-0.05, 0) is 25.7 Å². The van der Waals surface area contributed by atoms with Crippen molar-refractivity contribution in [3.8, 4) is 0 Å². The zero-order valence-corrected chi connectivity index (χ0v) is 10.00. The number of rotatable bonds is 0. The van der Waals surface area contributed by atoms with Crippen LogP contribution in [0.2, 0.25) is 0 Å². The number of halogens is 1. The van der Waals surface area contributed by atoms with Crippen molar-refractivity contribution >= 4 is 28.6 Å². The Labute approximate surface area is 91.5 Å². The summed E-state index contributed by atoms with van der Waals surface area (Å²) in [5, 5.41) is 0. The monoisotopic (exact) mass is 292 g/mol. The van der Waals surface area contributed by atoms with Crippen LogP contribution in [0.25, 0.3) is 0 Å². The molecule has 2 aliphatic carbocycles. The van der Waals surface area contributed by atoms with E-state index in [2.05, 4.69) is 36.4 Å². The largest absolute Gasteiger partial charge is 0.460 e. The van der Waals surface area contributed by atoms with Crippen molar-refractivity contribution in [3.05, 3.63) is 0 Å². The Morgan fingerprint density at radius 1 is 1.54 bits per heavy atom. The van der Waals surface area contributed by atoms with Crippen LogP contribution >= 0.6 is 22.6 Å². The van der Waals surface area contributed by atoms with Crippen LogP contribution in [0.5, 0.6) is 0 Å². The van der Waals surface area contributed by atoms with Crippen LogP contribution in [0.1, 0.15) is 26.7 Å². The fraction of sp³-hybridized carbons (Fsp3) is 0.900. The summed E-state index contributed by atoms with van der Waals surface area (Å²) < 4.78 is 5.70. The topological polar surface area (TPSA) is 26.3 Å². The number of fused-ring (bicyclic) bond motifs is 1. The van der Waals surface area contributed by atoms with Crippen LogP contribution in [-0.2, 0) is 9.53 Å². The molecule has 1 aliphatic heterocycles. The maximum Gasteiger partial charge on any atom is 0.309 e. The van der Waals surface area contributed by atoms with Gasteiger partial charge in [-0.1, -0.05) is 29.5 Å². The van der Waals surface area contributed by atoms with Crippen LogP contribution in [0.15, 0.2) is 0 Å². The Balaban J connectivity index is 2.14. The van der Waals surface area contributed by atoms with E-state index in [4.69, 9.17) is 4.74 Å². The average Bonchev–Trinajstić information content (AvgIpc) is 2.50. The van der Waals surface area contributed by atoms with E-state index < -0.39 is 0 Å². The lowest BCUT2D eigenvalue weighted by Gasteiger charge is -2.35. The second-order valence-corrected chi connectivity index (χ2v) is 7.49. The summed E-state index contributed by atoms with van der Waals surface area (Å²) in [7, 11) is 0. The van der Waals surface area contributed by atoms with E-state index in [9.17, 15) is 4.79 Å². The molecule has 3 heteroatoms. The first-order valence-corrected chi connectivity index (χ1v) is 5.93. The normalized spacial score (nSPS) is 63.0. The second kappa shape index (κ2) is 2.07. The summed E-state index contributed by atoms with van der Waals surface area (Å²) in [6.45, 7) is 4.47. The molecule has 72 valence electrons. The molecule has 0 unspecified atom stereocenters. The summed E-state index contributed by atoms with van der Waals surface area (Å²) in [6, 6.07) is 0. The zero-order valence-electron chi connectivity index (χ0n) is 7.84. The van der Waals surface area contributed by atoms with Crippen molar-refractivity contribution in [1.82, 2.24) is 0 Å². The lowest BCUT2D eigenvalue weighted by molar-refractivity contribution is -0.143. The smallest absolute Gasteiger partial charge is 0.309 e. The van der Waals surface area contributed by atoms with Gasteiger partial charge < -0.3 is 4.74 Å². The van der Waals surface area contributed by atoms with Crippen molar-refractivity contribution in [2.24, 2.45) is 17.3 Å². The molecule has 2 bridgehead atoms. The number of esters is 1. The number of hydrogen-bond donors (Lipinski definition) is 0. The van der Waals surface area contributed by atoms with Crippen LogP contribution in [0, 0.1) is 17.3 Å². The molecular weight excluding hydrogens is 279 g/mol. The number of ether oxygens (including phenoxy) is 1. The number of carbonyl (C=O) groups is 1. The average molecular weight is 292 g/mol. The Kier molecular flexibility index (Phi) is 1.35. The molecule has 0 radical (unpaired) electrons. The Morgan fingerprint density at radius 3 is 2.77 bits per heavy atom. The van der Waals surface area contributed by atoms with Gasteiger partial charge >= 0.3 is 5.97 Å². The summed E-state index contributed by atoms with van der Waals surface area (Å²) in [5.41, 5.74) is 0.164. The molecule has 0 aromatic heterocycles. The maximum absolute atomic E-state index is 11.6. The van der Waals surface area contributed by atoms with Crippen LogP contribution in [0.4, 0.5) is 0 Å². The Hall–Kier alpha value is 0.200. The maximum atomic E-state index is 11.6. The first kappa shape index (κ1) is 8.50. The van der Waals surface area contributed by atoms with Gasteiger partial charge in [-0.3, -0.25) is 4.79 Å². The Morgan fingerprint density at radius 2 is 2.23 bits per heavy atom. The fourth-order valence-corrected chi connectivity index (χ4v) is 5.02. The minimum atomic E-state index is 0.0652. The van der Waals surface area contributed by atoms with Crippen molar-refractivity contribution in [2.75, 3.05) is 0 Å². The molecule has 1 saturated heterocycles. The molecule has 1 heterocycles. The third-order valence-electron chi connectivity index (χ3n) is 4.43. The van der Waals surface area contributed by atoms with Crippen molar-refractivity contribution in [2.45, 2.75) is 36.2 Å². The number of alkyl halides is 1. The molecule has 0 spiro atoms. The summed E-state index contributed by atoms with van der Waals surface area (Å²) >= 11 is 2.49. The fourth-order valence-electron chi connectivity index (χ4n) is 3.70. The second-order valence-electron chi connectivity index (χ2n) is 5.16. The molecule has 5 atom stereocenters. The molecule has 0 amide bonds. The van der Waals surface area contributed by atoms with Gasteiger partial charge in [-0.25, -0.2) is 0 Å². The summed E-state index contributed by atoms with van der Waals surface area (Å²) in [6.07, 6.45) is 2.43. The quantitative estimate of drug-likeness (QED) is 0.388. The van der Waals surface area contributed by atoms with Gasteiger partial charge in [-0.15, -0.1) is 0 Å². The number of carbonyl (C=O) groups excluding carboxylic acids is 1. The molecule has 0 aromatic carbocycles. The van der Waals surface area contributed by atoms with Crippen LogP contribution < -0.4 is 0 Å². The highest BCUT2D eigenvalue weighted by molar-refractivity contribution is 14.1. The van der Waals surface area contributed by atoms with Gasteiger partial charge in [0.25, 0.3) is 0 Å². The summed E-state index contributed by atoms with van der Waals surface area (Å²) in [5.74, 6) is 0.972. The van der Waals surface area contributed by atoms with Gasteiger partial charge in [-0.2, -0.15) is 0 Å². The molecule has 13 heavy (non-hydrogen) atoms. The lowest BCUT2D eigenvalue weighted by atomic mass is 9.74. The minimum Gasteiger partial charge on any atom is -0.460 e. The van der Waals surface area contributed by atoms with Crippen LogP contribution in [0.3, 0.4) is 0 Å². The van der Waals surface area contributed by atoms with Gasteiger partial charge in [0.15, 0.2) is 0 Å². The van der Waals surface area contributed by atoms with Crippen LogP contribution in [-0.4, -0.2) is 15.5 Å². The van der Waals surface area contributed by atoms with E-state index in [0.29, 0.717) is 5.92 Å². The number of hydrogen-bond acceptors (Lipinski definition) is 2. The highest BCUT2D eigenvalue weighted by Gasteiger charge is 2.72. The van der Waals surface area contributed by atoms with Gasteiger partial charge in [0.05, 0.1) is 9.34 Å². The molecule has 0 N–H and O–H groups in total. The summed E-state index contributed by atoms with van der Waals surface area (Å²) in [4.78, 5) is 11.6. The van der Waals surface area contributed by atoms with E-state index in [0.717, 1.165) is 6.42 Å². The van der Waals surface area contributed by atoms with Crippen molar-refractivity contribution in [1.29, 1.82) is 0 Å². The SMILES string of the molecule is C[C@]1(I)[C@@H]2C[C@@H]3C(=O)O[C@H]1[C@]3(C)C2. The molecule has 2 saturated carbocycles. The predicted octanol–water partition coefficient (Wildman–Crippen LogP) is 2.15. The highest BCUT2D eigenvalue weighted by atomic mass is 127. The first-order valence-electron chi connectivity index (χ1n) is 4.85. The van der Waals surface area contributed by atoms with Gasteiger partial charge in [0.2, 0.25) is 0 Å². The van der Waals surface area contributed by atoms with Crippen molar-refractivity contribution < 1.29 is 9.53 Å². The van der Waals surface area contributed by atoms with E-state index in [-0.39, 0.29) is 26.8 Å². The molecular formula is C10H13IO2. The molecule has 0 aromatic rings. The molecule has 3 rings (SSSR count). The molecule has 3 fully saturated rings. The van der Waals surface area contributed by atoms with E-state index in [1.54, 1.807) is 0 Å². The lowest BCUT2D eigenvalue weighted by Crippen LogP contribution is -2.42. The van der Waals surface area contributed by atoms with Gasteiger partial charge in [0, 0.05) is 5.41 Å². The predicted molar refractivity (Wildman–Crippen MR) is 56.6 cm³/mol. The van der Waals surface area contributed by atoms with Gasteiger partial charge in [0.1, 0.15) is 6.10 Å². The standard InChI is InChI=1S/C10H13IO2/c1-9-4-5-3-6(9)7(12)13-8(9)10(5,2)11/h5-6,8H,3-4H2,1-2H3/t5-,6-,8+,9-,10+/m1/s1. The van der Waals surface area contributed by atoms with Crippen molar-refractivity contribution in [3.63, 3.8) is 0 Å². The van der Waals surface area contributed by atoms with E-state index >= 15 is 0 Å². The third-order valence-corrected chi connectivity index (χ3v) is 5.88. The third kappa shape index (κ3) is 0.748. The minimum absolute atomic E-state index is 0.0652. The zero-order chi connectivity index (χ0) is 9.43. The molecule has 3 aliphatic rings.